The number of aliphatic hydroxyl groups is 1. The number of hydrogen-bond donors (Lipinski definition) is 2. The number of carbonyl (C=O) groups is 1. The molecule has 1 aromatic heterocycles. The highest BCUT2D eigenvalue weighted by molar-refractivity contribution is 7.10. The van der Waals surface area contributed by atoms with Gasteiger partial charge >= 0.3 is 6.03 Å². The van der Waals surface area contributed by atoms with Gasteiger partial charge in [0.05, 0.1) is 12.6 Å². The molecule has 1 heterocycles. The monoisotopic (exact) mass is 256 g/mol. The molecule has 2 amide bonds. The van der Waals surface area contributed by atoms with Crippen LogP contribution in [0.4, 0.5) is 4.79 Å². The molecule has 1 rings (SSSR count). The Bertz CT molecular complexity index is 327. The smallest absolute Gasteiger partial charge is 0.317 e. The van der Waals surface area contributed by atoms with E-state index in [0.29, 0.717) is 13.1 Å². The minimum absolute atomic E-state index is 0.00292. The van der Waals surface area contributed by atoms with Crippen LogP contribution in [0.2, 0.25) is 0 Å². The molecule has 0 saturated heterocycles. The van der Waals surface area contributed by atoms with Crippen molar-refractivity contribution in [2.75, 3.05) is 19.7 Å². The lowest BCUT2D eigenvalue weighted by molar-refractivity contribution is 0.177. The predicted octanol–water partition coefficient (Wildman–Crippen LogP) is 2.22. The Labute approximate surface area is 106 Å². The summed E-state index contributed by atoms with van der Waals surface area (Å²) >= 11 is 1.65. The van der Waals surface area contributed by atoms with Gasteiger partial charge in [-0.15, -0.1) is 11.3 Å². The zero-order chi connectivity index (χ0) is 12.7. The normalized spacial score (nSPS) is 12.2. The highest BCUT2D eigenvalue weighted by atomic mass is 32.1. The summed E-state index contributed by atoms with van der Waals surface area (Å²) in [5.41, 5.74) is 0. The molecule has 4 nitrogen and oxygen atoms in total. The van der Waals surface area contributed by atoms with Crippen LogP contribution in [-0.4, -0.2) is 35.7 Å². The summed E-state index contributed by atoms with van der Waals surface area (Å²) in [4.78, 5) is 14.7. The van der Waals surface area contributed by atoms with Crippen molar-refractivity contribution >= 4 is 17.4 Å². The average Bonchev–Trinajstić information content (AvgIpc) is 2.86. The van der Waals surface area contributed by atoms with Crippen molar-refractivity contribution in [2.24, 2.45) is 0 Å². The molecule has 1 unspecified atom stereocenters. The maximum Gasteiger partial charge on any atom is 0.317 e. The van der Waals surface area contributed by atoms with E-state index in [2.05, 4.69) is 5.32 Å². The van der Waals surface area contributed by atoms with Crippen molar-refractivity contribution in [3.8, 4) is 0 Å². The van der Waals surface area contributed by atoms with Gasteiger partial charge < -0.3 is 15.3 Å². The van der Waals surface area contributed by atoms with Crippen molar-refractivity contribution in [1.29, 1.82) is 0 Å². The molecule has 5 heteroatoms. The zero-order valence-electron chi connectivity index (χ0n) is 10.3. The van der Waals surface area contributed by atoms with E-state index >= 15 is 0 Å². The first-order valence-electron chi connectivity index (χ1n) is 5.92. The largest absolute Gasteiger partial charge is 0.395 e. The summed E-state index contributed by atoms with van der Waals surface area (Å²) in [5.74, 6) is 0. The van der Waals surface area contributed by atoms with Gasteiger partial charge in [0.15, 0.2) is 0 Å². The van der Waals surface area contributed by atoms with E-state index in [1.165, 1.54) is 4.88 Å². The van der Waals surface area contributed by atoms with Crippen LogP contribution in [-0.2, 0) is 0 Å². The van der Waals surface area contributed by atoms with Crippen LogP contribution in [0.15, 0.2) is 17.5 Å². The third-order valence-electron chi connectivity index (χ3n) is 2.63. The van der Waals surface area contributed by atoms with Crippen molar-refractivity contribution in [3.05, 3.63) is 22.4 Å². The number of hydrogen-bond acceptors (Lipinski definition) is 3. The molecule has 0 fully saturated rings. The Balaban J connectivity index is 2.59. The molecule has 0 saturated carbocycles. The number of urea groups is 1. The highest BCUT2D eigenvalue weighted by Gasteiger charge is 2.17. The molecule has 1 aromatic rings. The van der Waals surface area contributed by atoms with E-state index in [9.17, 15) is 4.79 Å². The summed E-state index contributed by atoms with van der Waals surface area (Å²) in [6, 6.07) is 3.97. The van der Waals surface area contributed by atoms with Gasteiger partial charge in [-0.2, -0.15) is 0 Å². The number of thiophene rings is 1. The second-order valence-electron chi connectivity index (χ2n) is 3.73. The molecule has 0 aliphatic heterocycles. The number of carbonyl (C=O) groups excluding carboxylic acids is 1. The van der Waals surface area contributed by atoms with Gasteiger partial charge in [-0.3, -0.25) is 0 Å². The topological polar surface area (TPSA) is 52.6 Å². The standard InChI is InChI=1S/C12H20N2O2S/c1-3-10(11-6-5-9-17-11)13-12(16)14(4-2)7-8-15/h5-6,9-10,15H,3-4,7-8H2,1-2H3,(H,13,16). The molecule has 96 valence electrons. The summed E-state index contributed by atoms with van der Waals surface area (Å²) in [6.07, 6.45) is 0.864. The van der Waals surface area contributed by atoms with Gasteiger partial charge in [0, 0.05) is 18.0 Å². The molecule has 0 aromatic carbocycles. The van der Waals surface area contributed by atoms with Crippen molar-refractivity contribution < 1.29 is 9.90 Å². The predicted molar refractivity (Wildman–Crippen MR) is 70.2 cm³/mol. The van der Waals surface area contributed by atoms with E-state index < -0.39 is 0 Å². The van der Waals surface area contributed by atoms with Crippen LogP contribution in [0.3, 0.4) is 0 Å². The Hall–Kier alpha value is -1.07. The maximum atomic E-state index is 11.9. The highest BCUT2D eigenvalue weighted by Crippen LogP contribution is 2.21. The second-order valence-corrected chi connectivity index (χ2v) is 4.71. The van der Waals surface area contributed by atoms with E-state index in [1.54, 1.807) is 16.2 Å². The van der Waals surface area contributed by atoms with Gasteiger partial charge in [0.1, 0.15) is 0 Å². The Morgan fingerprint density at radius 3 is 2.82 bits per heavy atom. The summed E-state index contributed by atoms with van der Waals surface area (Å²) in [6.45, 7) is 4.93. The first-order chi connectivity index (χ1) is 8.22. The number of nitrogens with one attached hydrogen (secondary N) is 1. The fourth-order valence-corrected chi connectivity index (χ4v) is 2.49. The molecular weight excluding hydrogens is 236 g/mol. The fraction of sp³-hybridized carbons (Fsp3) is 0.583. The average molecular weight is 256 g/mol. The van der Waals surface area contributed by atoms with E-state index in [0.717, 1.165) is 6.42 Å². The molecule has 0 radical (unpaired) electrons. The molecule has 0 bridgehead atoms. The van der Waals surface area contributed by atoms with Gasteiger partial charge in [-0.25, -0.2) is 4.79 Å². The lowest BCUT2D eigenvalue weighted by Gasteiger charge is -2.24. The van der Waals surface area contributed by atoms with Gasteiger partial charge in [0.25, 0.3) is 0 Å². The first-order valence-corrected chi connectivity index (χ1v) is 6.80. The maximum absolute atomic E-state index is 11.9. The first kappa shape index (κ1) is 14.0. The summed E-state index contributed by atoms with van der Waals surface area (Å²) < 4.78 is 0. The van der Waals surface area contributed by atoms with Crippen molar-refractivity contribution in [2.45, 2.75) is 26.3 Å². The Morgan fingerprint density at radius 2 is 2.35 bits per heavy atom. The van der Waals surface area contributed by atoms with Crippen LogP contribution < -0.4 is 5.32 Å². The fourth-order valence-electron chi connectivity index (χ4n) is 1.63. The Morgan fingerprint density at radius 1 is 1.59 bits per heavy atom. The van der Waals surface area contributed by atoms with Crippen LogP contribution in [0.5, 0.6) is 0 Å². The van der Waals surface area contributed by atoms with Gasteiger partial charge in [-0.05, 0) is 24.8 Å². The van der Waals surface area contributed by atoms with Crippen LogP contribution in [0, 0.1) is 0 Å². The molecule has 2 N–H and O–H groups in total. The zero-order valence-corrected chi connectivity index (χ0v) is 11.2. The summed E-state index contributed by atoms with van der Waals surface area (Å²) in [7, 11) is 0. The number of likely N-dealkylation sites (N-methyl/N-ethyl adjacent to an activating group) is 1. The van der Waals surface area contributed by atoms with Crippen molar-refractivity contribution in [3.63, 3.8) is 0 Å². The number of aliphatic hydroxyl groups excluding tert-OH is 1. The Kier molecular flexibility index (Phi) is 6.00. The lowest BCUT2D eigenvalue weighted by Crippen LogP contribution is -2.42. The van der Waals surface area contributed by atoms with E-state index in [4.69, 9.17) is 5.11 Å². The van der Waals surface area contributed by atoms with Crippen LogP contribution >= 0.6 is 11.3 Å². The van der Waals surface area contributed by atoms with E-state index in [-0.39, 0.29) is 18.7 Å². The van der Waals surface area contributed by atoms with E-state index in [1.807, 2.05) is 31.4 Å². The van der Waals surface area contributed by atoms with Gasteiger partial charge in [-0.1, -0.05) is 13.0 Å². The molecular formula is C12H20N2O2S. The third-order valence-corrected chi connectivity index (χ3v) is 3.62. The number of amides is 2. The summed E-state index contributed by atoms with van der Waals surface area (Å²) in [5, 5.41) is 13.9. The van der Waals surface area contributed by atoms with Crippen molar-refractivity contribution in [1.82, 2.24) is 10.2 Å². The minimum Gasteiger partial charge on any atom is -0.395 e. The minimum atomic E-state index is -0.109. The van der Waals surface area contributed by atoms with Crippen LogP contribution in [0.25, 0.3) is 0 Å². The number of rotatable bonds is 6. The third kappa shape index (κ3) is 4.02. The lowest BCUT2D eigenvalue weighted by atomic mass is 10.2. The number of nitrogens with zero attached hydrogens (tertiary/aromatic N) is 1. The van der Waals surface area contributed by atoms with Crippen LogP contribution in [0.1, 0.15) is 31.2 Å². The molecule has 0 aliphatic rings. The molecule has 0 spiro atoms. The SMILES string of the molecule is CCC(NC(=O)N(CC)CCO)c1cccs1. The van der Waals surface area contributed by atoms with Gasteiger partial charge in [0.2, 0.25) is 0 Å². The molecule has 0 aliphatic carbocycles. The quantitative estimate of drug-likeness (QED) is 0.820. The second kappa shape index (κ2) is 7.29. The molecule has 1 atom stereocenters. The molecule has 17 heavy (non-hydrogen) atoms.